The van der Waals surface area contributed by atoms with Crippen molar-refractivity contribution in [2.24, 2.45) is 0 Å². The Kier molecular flexibility index (Phi) is 7.36. The van der Waals surface area contributed by atoms with E-state index in [1.807, 2.05) is 11.0 Å². The molecule has 1 atom stereocenters. The molecule has 5 heterocycles. The van der Waals surface area contributed by atoms with Crippen LogP contribution in [0.1, 0.15) is 59.6 Å². The first-order valence-corrected chi connectivity index (χ1v) is 12.6. The minimum atomic E-state index is -2.82. The number of alkyl halides is 2. The highest BCUT2D eigenvalue weighted by atomic mass is 19.3. The molecule has 3 amide bonds. The Morgan fingerprint density at radius 2 is 1.89 bits per heavy atom. The van der Waals surface area contributed by atoms with Gasteiger partial charge in [-0.3, -0.25) is 19.8 Å². The van der Waals surface area contributed by atoms with Crippen molar-refractivity contribution in [3.05, 3.63) is 41.5 Å². The van der Waals surface area contributed by atoms with Crippen molar-refractivity contribution in [1.82, 2.24) is 40.3 Å². The Morgan fingerprint density at radius 3 is 2.54 bits per heavy atom. The minimum absolute atomic E-state index is 0.00168. The maximum Gasteiger partial charge on any atom is 0.319 e. The molecular formula is C24H33F2N9O2. The molecule has 1 unspecified atom stereocenters. The lowest BCUT2D eigenvalue weighted by molar-refractivity contribution is 0.0234. The number of piperidine rings is 1. The molecule has 2 aromatic heterocycles. The van der Waals surface area contributed by atoms with Crippen molar-refractivity contribution in [1.29, 1.82) is 0 Å². The maximum atomic E-state index is 13.8. The molecule has 3 saturated heterocycles. The average molecular weight is 518 g/mol. The fourth-order valence-electron chi connectivity index (χ4n) is 5.17. The molecule has 3 N–H and O–H groups in total. The molecule has 0 aliphatic carbocycles. The number of pyridine rings is 1. The van der Waals surface area contributed by atoms with Gasteiger partial charge in [0.05, 0.1) is 23.5 Å². The summed E-state index contributed by atoms with van der Waals surface area (Å²) in [5.74, 6) is -0.552. The van der Waals surface area contributed by atoms with Crippen LogP contribution in [-0.4, -0.2) is 94.3 Å². The zero-order chi connectivity index (χ0) is 26.1. The maximum absolute atomic E-state index is 13.8. The number of nitrogens with one attached hydrogen (secondary N) is 3. The van der Waals surface area contributed by atoms with Gasteiger partial charge in [-0.2, -0.15) is 5.10 Å². The fourth-order valence-corrected chi connectivity index (χ4v) is 5.17. The summed E-state index contributed by atoms with van der Waals surface area (Å²) < 4.78 is 29.1. The SMILES string of the molecule is CN(C)C(=O)N1CCC(N2CC(n3cc(NC(=O)c4cccc(C5CCNN5)n4)c(C(F)F)n3)C2)CC1. The molecule has 0 bridgehead atoms. The van der Waals surface area contributed by atoms with E-state index in [0.29, 0.717) is 37.9 Å². The van der Waals surface area contributed by atoms with Gasteiger partial charge in [-0.25, -0.2) is 24.0 Å². The van der Waals surface area contributed by atoms with E-state index < -0.39 is 18.0 Å². The highest BCUT2D eigenvalue weighted by Crippen LogP contribution is 2.32. The third kappa shape index (κ3) is 5.43. The van der Waals surface area contributed by atoms with Crippen LogP contribution in [0.3, 0.4) is 0 Å². The van der Waals surface area contributed by atoms with Crippen molar-refractivity contribution in [2.75, 3.05) is 52.1 Å². The van der Waals surface area contributed by atoms with E-state index in [4.69, 9.17) is 0 Å². The Bertz CT molecular complexity index is 1120. The lowest BCUT2D eigenvalue weighted by Gasteiger charge is -2.47. The molecule has 2 aromatic rings. The second-order valence-corrected chi connectivity index (χ2v) is 10.0. The van der Waals surface area contributed by atoms with Crippen molar-refractivity contribution in [3.63, 3.8) is 0 Å². The number of amides is 3. The summed E-state index contributed by atoms with van der Waals surface area (Å²) in [6.07, 6.45) is 1.28. The lowest BCUT2D eigenvalue weighted by atomic mass is 9.97. The average Bonchev–Trinajstić information content (AvgIpc) is 3.54. The smallest absolute Gasteiger partial charge is 0.319 e. The summed E-state index contributed by atoms with van der Waals surface area (Å²) in [4.78, 5) is 35.2. The number of anilines is 1. The van der Waals surface area contributed by atoms with Crippen molar-refractivity contribution in [3.8, 4) is 0 Å². The molecule has 0 aromatic carbocycles. The first kappa shape index (κ1) is 25.5. The summed E-state index contributed by atoms with van der Waals surface area (Å²) >= 11 is 0. The standard InChI is InChI=1S/C24H33F2N9O2/c1-32(2)24(37)33-10-7-15(8-11-33)34-12-16(13-34)35-14-20(21(31-35)22(25)26)29-23(36)19-5-3-4-17(28-19)18-6-9-27-30-18/h3-5,14-16,18,22,27,30H,6-13H2,1-2H3,(H,29,36). The Morgan fingerprint density at radius 1 is 1.14 bits per heavy atom. The number of aromatic nitrogens is 3. The Labute approximate surface area is 214 Å². The van der Waals surface area contributed by atoms with Crippen LogP contribution in [-0.2, 0) is 0 Å². The highest BCUT2D eigenvalue weighted by Gasteiger charge is 2.37. The Hall–Kier alpha value is -3.16. The molecule has 0 saturated carbocycles. The molecule has 3 aliphatic heterocycles. The van der Waals surface area contributed by atoms with Gasteiger partial charge >= 0.3 is 6.03 Å². The second kappa shape index (κ2) is 10.7. The zero-order valence-electron chi connectivity index (χ0n) is 21.0. The first-order valence-electron chi connectivity index (χ1n) is 12.6. The lowest BCUT2D eigenvalue weighted by Crippen LogP contribution is -2.56. The summed E-state index contributed by atoms with van der Waals surface area (Å²) in [5, 5.41) is 6.71. The minimum Gasteiger partial charge on any atom is -0.331 e. The predicted octanol–water partition coefficient (Wildman–Crippen LogP) is 2.01. The number of hydrogen-bond acceptors (Lipinski definition) is 7. The van der Waals surface area contributed by atoms with E-state index >= 15 is 0 Å². The van der Waals surface area contributed by atoms with E-state index in [1.54, 1.807) is 31.1 Å². The first-order chi connectivity index (χ1) is 17.8. The molecule has 5 rings (SSSR count). The number of halogens is 2. The summed E-state index contributed by atoms with van der Waals surface area (Å²) in [7, 11) is 3.50. The quantitative estimate of drug-likeness (QED) is 0.538. The topological polar surface area (TPSA) is 111 Å². The van der Waals surface area contributed by atoms with Gasteiger partial charge in [-0.05, 0) is 31.4 Å². The molecule has 0 spiro atoms. The van der Waals surface area contributed by atoms with E-state index in [2.05, 4.69) is 31.2 Å². The van der Waals surface area contributed by atoms with Crippen LogP contribution in [0.4, 0.5) is 19.3 Å². The summed E-state index contributed by atoms with van der Waals surface area (Å²) in [6.45, 7) is 3.59. The predicted molar refractivity (Wildman–Crippen MR) is 132 cm³/mol. The van der Waals surface area contributed by atoms with Crippen LogP contribution in [0.2, 0.25) is 0 Å². The summed E-state index contributed by atoms with van der Waals surface area (Å²) in [5.41, 5.74) is 6.57. The molecular weight excluding hydrogens is 484 g/mol. The van der Waals surface area contributed by atoms with Gasteiger partial charge in [0.15, 0.2) is 5.69 Å². The molecule has 11 nitrogen and oxygen atoms in total. The van der Waals surface area contributed by atoms with Crippen molar-refractivity contribution >= 4 is 17.6 Å². The van der Waals surface area contributed by atoms with E-state index in [9.17, 15) is 18.4 Å². The molecule has 200 valence electrons. The zero-order valence-corrected chi connectivity index (χ0v) is 21.0. The molecule has 37 heavy (non-hydrogen) atoms. The third-order valence-corrected chi connectivity index (χ3v) is 7.31. The van der Waals surface area contributed by atoms with Crippen LogP contribution in [0.15, 0.2) is 24.4 Å². The van der Waals surface area contributed by atoms with Crippen LogP contribution in [0.25, 0.3) is 0 Å². The molecule has 3 fully saturated rings. The van der Waals surface area contributed by atoms with Crippen LogP contribution in [0.5, 0.6) is 0 Å². The molecule has 3 aliphatic rings. The number of hydrazine groups is 1. The van der Waals surface area contributed by atoms with Crippen LogP contribution >= 0.6 is 0 Å². The number of hydrogen-bond donors (Lipinski definition) is 3. The number of likely N-dealkylation sites (tertiary alicyclic amines) is 2. The van der Waals surface area contributed by atoms with E-state index in [0.717, 1.165) is 25.8 Å². The van der Waals surface area contributed by atoms with Crippen LogP contribution in [0, 0.1) is 0 Å². The third-order valence-electron chi connectivity index (χ3n) is 7.31. The van der Waals surface area contributed by atoms with Gasteiger partial charge in [-0.15, -0.1) is 0 Å². The van der Waals surface area contributed by atoms with Crippen molar-refractivity contribution < 1.29 is 18.4 Å². The largest absolute Gasteiger partial charge is 0.331 e. The van der Waals surface area contributed by atoms with Gasteiger partial charge in [-0.1, -0.05) is 6.07 Å². The number of carbonyl (C=O) groups is 2. The second-order valence-electron chi connectivity index (χ2n) is 10.0. The normalized spacial score (nSPS) is 21.3. The molecule has 13 heteroatoms. The Balaban J connectivity index is 1.20. The van der Waals surface area contributed by atoms with Gasteiger partial charge in [0, 0.05) is 59.1 Å². The van der Waals surface area contributed by atoms with Gasteiger partial charge in [0.1, 0.15) is 5.69 Å². The molecule has 0 radical (unpaired) electrons. The summed E-state index contributed by atoms with van der Waals surface area (Å²) in [6, 6.07) is 5.46. The van der Waals surface area contributed by atoms with Gasteiger partial charge in [0.25, 0.3) is 12.3 Å². The van der Waals surface area contributed by atoms with Crippen molar-refractivity contribution in [2.45, 2.75) is 43.8 Å². The van der Waals surface area contributed by atoms with Gasteiger partial charge in [0.2, 0.25) is 0 Å². The van der Waals surface area contributed by atoms with E-state index in [-0.39, 0.29) is 29.5 Å². The fraction of sp³-hybridized carbons (Fsp3) is 0.583. The number of carbonyl (C=O) groups excluding carboxylic acids is 2. The van der Waals surface area contributed by atoms with Gasteiger partial charge < -0.3 is 15.1 Å². The number of nitrogens with zero attached hydrogens (tertiary/aromatic N) is 6. The number of urea groups is 1. The number of rotatable bonds is 6. The monoisotopic (exact) mass is 517 g/mol. The van der Waals surface area contributed by atoms with Crippen LogP contribution < -0.4 is 16.2 Å². The van der Waals surface area contributed by atoms with E-state index in [1.165, 1.54) is 10.9 Å². The highest BCUT2D eigenvalue weighted by molar-refractivity contribution is 6.03.